The Morgan fingerprint density at radius 3 is 2.32 bits per heavy atom. The quantitative estimate of drug-likeness (QED) is 0.755. The van der Waals surface area contributed by atoms with Crippen LogP contribution in [0.4, 0.5) is 0 Å². The fourth-order valence-corrected chi connectivity index (χ4v) is 3.46. The Bertz CT molecular complexity index is 567. The number of rotatable bonds is 6. The maximum atomic E-state index is 12.4. The van der Waals surface area contributed by atoms with Gasteiger partial charge in [-0.25, -0.2) is 8.42 Å². The third-order valence-electron chi connectivity index (χ3n) is 2.71. The van der Waals surface area contributed by atoms with Gasteiger partial charge in [0.15, 0.2) is 0 Å². The second-order valence-electron chi connectivity index (χ2n) is 3.73. The largest absolute Gasteiger partial charge is 0.495 e. The highest BCUT2D eigenvalue weighted by Gasteiger charge is 2.26. The number of ether oxygens (including phenoxy) is 1. The predicted octanol–water partition coefficient (Wildman–Crippen LogP) is 2.10. The third-order valence-corrected chi connectivity index (χ3v) is 5.00. The summed E-state index contributed by atoms with van der Waals surface area (Å²) in [6, 6.07) is 4.09. The van der Waals surface area contributed by atoms with Crippen LogP contribution < -0.4 is 4.74 Å². The van der Waals surface area contributed by atoms with E-state index < -0.39 is 15.3 Å². The van der Waals surface area contributed by atoms with Crippen molar-refractivity contribution in [2.24, 2.45) is 0 Å². The SMILES string of the molecule is CCN(CC)S(=O)(=O)c1cc(C(=O)Cl)ccc1OC. The monoisotopic (exact) mass is 305 g/mol. The van der Waals surface area contributed by atoms with Crippen molar-refractivity contribution in [2.75, 3.05) is 20.2 Å². The van der Waals surface area contributed by atoms with Gasteiger partial charge in [0, 0.05) is 18.7 Å². The van der Waals surface area contributed by atoms with Gasteiger partial charge in [-0.15, -0.1) is 0 Å². The minimum absolute atomic E-state index is 0.0507. The minimum atomic E-state index is -3.70. The molecule has 106 valence electrons. The molecule has 7 heteroatoms. The van der Waals surface area contributed by atoms with Crippen molar-refractivity contribution in [1.82, 2.24) is 4.31 Å². The van der Waals surface area contributed by atoms with Crippen molar-refractivity contribution in [2.45, 2.75) is 18.7 Å². The van der Waals surface area contributed by atoms with Crippen LogP contribution in [0.2, 0.25) is 0 Å². The van der Waals surface area contributed by atoms with E-state index in [0.717, 1.165) is 0 Å². The number of nitrogens with zero attached hydrogens (tertiary/aromatic N) is 1. The van der Waals surface area contributed by atoms with Crippen molar-refractivity contribution in [3.05, 3.63) is 23.8 Å². The maximum Gasteiger partial charge on any atom is 0.252 e. The maximum absolute atomic E-state index is 12.4. The second-order valence-corrected chi connectivity index (χ2v) is 5.98. The van der Waals surface area contributed by atoms with Crippen molar-refractivity contribution < 1.29 is 17.9 Å². The third kappa shape index (κ3) is 3.26. The first kappa shape index (κ1) is 15.9. The zero-order chi connectivity index (χ0) is 14.6. The fourth-order valence-electron chi connectivity index (χ4n) is 1.70. The zero-order valence-corrected chi connectivity index (χ0v) is 12.6. The topological polar surface area (TPSA) is 63.7 Å². The van der Waals surface area contributed by atoms with E-state index in [9.17, 15) is 13.2 Å². The van der Waals surface area contributed by atoms with Crippen LogP contribution in [0.15, 0.2) is 23.1 Å². The van der Waals surface area contributed by atoms with Gasteiger partial charge in [-0.3, -0.25) is 4.79 Å². The molecule has 0 aromatic heterocycles. The molecule has 0 aliphatic rings. The molecule has 0 atom stereocenters. The average Bonchev–Trinajstić information content (AvgIpc) is 2.38. The fraction of sp³-hybridized carbons (Fsp3) is 0.417. The number of hydrogen-bond acceptors (Lipinski definition) is 4. The highest BCUT2D eigenvalue weighted by atomic mass is 35.5. The van der Waals surface area contributed by atoms with E-state index in [-0.39, 0.29) is 16.2 Å². The van der Waals surface area contributed by atoms with Crippen LogP contribution in [0.5, 0.6) is 5.75 Å². The Kier molecular flexibility index (Phi) is 5.34. The molecule has 5 nitrogen and oxygen atoms in total. The van der Waals surface area contributed by atoms with Crippen LogP contribution in [-0.4, -0.2) is 38.2 Å². The van der Waals surface area contributed by atoms with Gasteiger partial charge in [0.05, 0.1) is 7.11 Å². The number of benzene rings is 1. The number of sulfonamides is 1. The van der Waals surface area contributed by atoms with E-state index in [1.807, 2.05) is 0 Å². The van der Waals surface area contributed by atoms with Crippen LogP contribution in [0.1, 0.15) is 24.2 Å². The number of halogens is 1. The van der Waals surface area contributed by atoms with Gasteiger partial charge in [0.2, 0.25) is 10.0 Å². The first-order valence-corrected chi connectivity index (χ1v) is 7.58. The van der Waals surface area contributed by atoms with Crippen LogP contribution in [0.25, 0.3) is 0 Å². The molecule has 1 rings (SSSR count). The summed E-state index contributed by atoms with van der Waals surface area (Å²) in [6.45, 7) is 4.15. The van der Waals surface area contributed by atoms with Gasteiger partial charge in [0.25, 0.3) is 5.24 Å². The molecule has 0 amide bonds. The Morgan fingerprint density at radius 1 is 1.32 bits per heavy atom. The molecular weight excluding hydrogens is 290 g/mol. The first-order valence-electron chi connectivity index (χ1n) is 5.76. The predicted molar refractivity (Wildman–Crippen MR) is 73.3 cm³/mol. The van der Waals surface area contributed by atoms with Crippen molar-refractivity contribution in [3.63, 3.8) is 0 Å². The standard InChI is InChI=1S/C12H16ClNO4S/c1-4-14(5-2)19(16,17)11-8-9(12(13)15)6-7-10(11)18-3/h6-8H,4-5H2,1-3H3. The van der Waals surface area contributed by atoms with Crippen molar-refractivity contribution in [1.29, 1.82) is 0 Å². The molecule has 0 unspecified atom stereocenters. The lowest BCUT2D eigenvalue weighted by Gasteiger charge is -2.20. The van der Waals surface area contributed by atoms with E-state index in [0.29, 0.717) is 13.1 Å². The van der Waals surface area contributed by atoms with Crippen LogP contribution in [0.3, 0.4) is 0 Å². The van der Waals surface area contributed by atoms with Gasteiger partial charge >= 0.3 is 0 Å². The average molecular weight is 306 g/mol. The number of methoxy groups -OCH3 is 1. The molecule has 1 aromatic rings. The lowest BCUT2D eigenvalue weighted by molar-refractivity contribution is 0.108. The molecule has 0 aliphatic carbocycles. The lowest BCUT2D eigenvalue weighted by atomic mass is 10.2. The summed E-state index contributed by atoms with van der Waals surface area (Å²) < 4.78 is 31.2. The van der Waals surface area contributed by atoms with Gasteiger partial charge in [0.1, 0.15) is 10.6 Å². The molecule has 0 spiro atoms. The Hall–Kier alpha value is -1.11. The highest BCUT2D eigenvalue weighted by Crippen LogP contribution is 2.28. The summed E-state index contributed by atoms with van der Waals surface area (Å²) in [5.41, 5.74) is 0.119. The molecule has 19 heavy (non-hydrogen) atoms. The molecule has 0 saturated heterocycles. The number of hydrogen-bond donors (Lipinski definition) is 0. The summed E-state index contributed by atoms with van der Waals surface area (Å²) in [5.74, 6) is 0.188. The lowest BCUT2D eigenvalue weighted by Crippen LogP contribution is -2.31. The van der Waals surface area contributed by atoms with E-state index in [4.69, 9.17) is 16.3 Å². The molecule has 1 aromatic carbocycles. The molecule has 0 radical (unpaired) electrons. The van der Waals surface area contributed by atoms with Crippen LogP contribution in [-0.2, 0) is 10.0 Å². The molecule has 0 heterocycles. The van der Waals surface area contributed by atoms with E-state index in [2.05, 4.69) is 0 Å². The highest BCUT2D eigenvalue weighted by molar-refractivity contribution is 7.89. The molecule has 0 N–H and O–H groups in total. The normalized spacial score (nSPS) is 11.6. The molecule has 0 fully saturated rings. The summed E-state index contributed by atoms with van der Waals surface area (Å²) in [6.07, 6.45) is 0. The smallest absolute Gasteiger partial charge is 0.252 e. The van der Waals surface area contributed by atoms with Gasteiger partial charge in [-0.2, -0.15) is 4.31 Å². The van der Waals surface area contributed by atoms with Gasteiger partial charge in [-0.05, 0) is 29.8 Å². The van der Waals surface area contributed by atoms with Crippen molar-refractivity contribution in [3.8, 4) is 5.75 Å². The summed E-state index contributed by atoms with van der Waals surface area (Å²) in [4.78, 5) is 11.1. The summed E-state index contributed by atoms with van der Waals surface area (Å²) in [7, 11) is -2.33. The number of carbonyl (C=O) groups excluding carboxylic acids is 1. The molecule has 0 bridgehead atoms. The summed E-state index contributed by atoms with van der Waals surface area (Å²) >= 11 is 5.38. The van der Waals surface area contributed by atoms with Gasteiger partial charge < -0.3 is 4.74 Å². The Morgan fingerprint density at radius 2 is 1.89 bits per heavy atom. The molecule has 0 saturated carbocycles. The van der Waals surface area contributed by atoms with E-state index in [1.165, 1.54) is 29.6 Å². The second kappa shape index (κ2) is 6.36. The first-order chi connectivity index (χ1) is 8.88. The zero-order valence-electron chi connectivity index (χ0n) is 11.0. The Balaban J connectivity index is 3.46. The van der Waals surface area contributed by atoms with Crippen LogP contribution in [0, 0.1) is 0 Å². The van der Waals surface area contributed by atoms with E-state index in [1.54, 1.807) is 13.8 Å². The minimum Gasteiger partial charge on any atom is -0.495 e. The number of carbonyl (C=O) groups is 1. The molecular formula is C12H16ClNO4S. The Labute approximate surface area is 118 Å². The molecule has 0 aliphatic heterocycles. The van der Waals surface area contributed by atoms with Crippen LogP contribution >= 0.6 is 11.6 Å². The van der Waals surface area contributed by atoms with Gasteiger partial charge in [-0.1, -0.05) is 13.8 Å². The van der Waals surface area contributed by atoms with Crippen molar-refractivity contribution >= 4 is 26.9 Å². The summed E-state index contributed by atoms with van der Waals surface area (Å²) in [5, 5.41) is -0.710. The van der Waals surface area contributed by atoms with E-state index >= 15 is 0 Å².